The van der Waals surface area contributed by atoms with Gasteiger partial charge in [0, 0.05) is 50.9 Å². The first-order valence-corrected chi connectivity index (χ1v) is 9.58. The SMILES string of the molecule is CC(C)Nc1cc(N2CCN(Cc3ccc(F)c(F)c3)[C@H](CCO)C2)ncn1. The summed E-state index contributed by atoms with van der Waals surface area (Å²) in [6.07, 6.45) is 2.15. The molecule has 0 spiro atoms. The zero-order valence-electron chi connectivity index (χ0n) is 16.3. The minimum atomic E-state index is -0.838. The second-order valence-electron chi connectivity index (χ2n) is 7.39. The molecule has 3 rings (SSSR count). The lowest BCUT2D eigenvalue weighted by Crippen LogP contribution is -2.53. The highest BCUT2D eigenvalue weighted by atomic mass is 19.2. The fourth-order valence-electron chi connectivity index (χ4n) is 3.50. The minimum absolute atomic E-state index is 0.0662. The van der Waals surface area contributed by atoms with Crippen LogP contribution >= 0.6 is 0 Å². The average molecular weight is 391 g/mol. The van der Waals surface area contributed by atoms with E-state index in [1.807, 2.05) is 6.07 Å². The van der Waals surface area contributed by atoms with Crippen molar-refractivity contribution in [1.29, 1.82) is 0 Å². The molecule has 2 heterocycles. The summed E-state index contributed by atoms with van der Waals surface area (Å²) >= 11 is 0. The van der Waals surface area contributed by atoms with Gasteiger partial charge < -0.3 is 15.3 Å². The predicted molar refractivity (Wildman–Crippen MR) is 105 cm³/mol. The molecule has 152 valence electrons. The van der Waals surface area contributed by atoms with Gasteiger partial charge in [-0.3, -0.25) is 4.90 Å². The Balaban J connectivity index is 1.70. The van der Waals surface area contributed by atoms with E-state index < -0.39 is 11.6 Å². The van der Waals surface area contributed by atoms with Gasteiger partial charge in [0.25, 0.3) is 0 Å². The van der Waals surface area contributed by atoms with Crippen LogP contribution in [0.4, 0.5) is 20.4 Å². The third-order valence-corrected chi connectivity index (χ3v) is 4.85. The topological polar surface area (TPSA) is 64.5 Å². The van der Waals surface area contributed by atoms with Crippen molar-refractivity contribution in [2.24, 2.45) is 0 Å². The van der Waals surface area contributed by atoms with Crippen LogP contribution in [-0.4, -0.2) is 58.3 Å². The van der Waals surface area contributed by atoms with Crippen molar-refractivity contribution in [1.82, 2.24) is 14.9 Å². The van der Waals surface area contributed by atoms with Gasteiger partial charge in [0.05, 0.1) is 0 Å². The zero-order valence-corrected chi connectivity index (χ0v) is 16.3. The van der Waals surface area contributed by atoms with Gasteiger partial charge >= 0.3 is 0 Å². The maximum absolute atomic E-state index is 13.5. The summed E-state index contributed by atoms with van der Waals surface area (Å²) in [7, 11) is 0. The average Bonchev–Trinajstić information content (AvgIpc) is 2.66. The van der Waals surface area contributed by atoms with Crippen LogP contribution in [0.5, 0.6) is 0 Å². The van der Waals surface area contributed by atoms with E-state index in [0.29, 0.717) is 19.5 Å². The number of hydrogen-bond donors (Lipinski definition) is 2. The molecule has 1 fully saturated rings. The molecular formula is C20H27F2N5O. The molecule has 8 heteroatoms. The molecular weight excluding hydrogens is 364 g/mol. The molecule has 1 aromatic heterocycles. The van der Waals surface area contributed by atoms with E-state index in [1.165, 1.54) is 6.07 Å². The van der Waals surface area contributed by atoms with Crippen LogP contribution < -0.4 is 10.2 Å². The van der Waals surface area contributed by atoms with Crippen LogP contribution in [0.1, 0.15) is 25.8 Å². The Morgan fingerprint density at radius 2 is 2.00 bits per heavy atom. The van der Waals surface area contributed by atoms with Crippen LogP contribution in [0.3, 0.4) is 0 Å². The Kier molecular flexibility index (Phi) is 6.74. The summed E-state index contributed by atoms with van der Waals surface area (Å²) in [5.41, 5.74) is 0.723. The minimum Gasteiger partial charge on any atom is -0.396 e. The number of hydrogen-bond acceptors (Lipinski definition) is 6. The Bertz CT molecular complexity index is 789. The smallest absolute Gasteiger partial charge is 0.159 e. The van der Waals surface area contributed by atoms with E-state index in [4.69, 9.17) is 0 Å². The van der Waals surface area contributed by atoms with E-state index in [0.717, 1.165) is 36.4 Å². The molecule has 1 atom stereocenters. The normalized spacial score (nSPS) is 17.9. The van der Waals surface area contributed by atoms with E-state index in [9.17, 15) is 13.9 Å². The highest BCUT2D eigenvalue weighted by Gasteiger charge is 2.27. The number of aliphatic hydroxyl groups is 1. The number of rotatable bonds is 7. The third-order valence-electron chi connectivity index (χ3n) is 4.85. The second kappa shape index (κ2) is 9.25. The standard InChI is InChI=1S/C20H27F2N5O/c1-14(2)25-19-10-20(24-13-23-19)27-7-6-26(16(12-27)5-8-28)11-15-3-4-17(21)18(22)9-15/h3-4,9-10,13-14,16,28H,5-8,11-12H2,1-2H3,(H,23,24,25)/t16-/m1/s1. The molecule has 1 aliphatic heterocycles. The molecule has 0 bridgehead atoms. The van der Waals surface area contributed by atoms with Crippen molar-refractivity contribution in [2.45, 2.75) is 38.9 Å². The Labute approximate surface area is 164 Å². The maximum Gasteiger partial charge on any atom is 0.159 e. The third kappa shape index (κ3) is 5.14. The number of anilines is 2. The number of piperazine rings is 1. The van der Waals surface area contributed by atoms with Crippen LogP contribution in [0.2, 0.25) is 0 Å². The van der Waals surface area contributed by atoms with Gasteiger partial charge in [-0.05, 0) is 38.0 Å². The fraction of sp³-hybridized carbons (Fsp3) is 0.500. The van der Waals surface area contributed by atoms with Crippen molar-refractivity contribution < 1.29 is 13.9 Å². The van der Waals surface area contributed by atoms with Gasteiger partial charge in [-0.15, -0.1) is 0 Å². The van der Waals surface area contributed by atoms with Crippen molar-refractivity contribution in [2.75, 3.05) is 36.5 Å². The molecule has 0 unspecified atom stereocenters. The monoisotopic (exact) mass is 391 g/mol. The van der Waals surface area contributed by atoms with Gasteiger partial charge in [-0.25, -0.2) is 18.7 Å². The fourth-order valence-corrected chi connectivity index (χ4v) is 3.50. The second-order valence-corrected chi connectivity index (χ2v) is 7.39. The quantitative estimate of drug-likeness (QED) is 0.757. The predicted octanol–water partition coefficient (Wildman–Crippen LogP) is 2.65. The van der Waals surface area contributed by atoms with Crippen LogP contribution in [0.15, 0.2) is 30.6 Å². The number of nitrogens with one attached hydrogen (secondary N) is 1. The van der Waals surface area contributed by atoms with E-state index in [2.05, 4.69) is 38.9 Å². The lowest BCUT2D eigenvalue weighted by molar-refractivity contribution is 0.135. The summed E-state index contributed by atoms with van der Waals surface area (Å²) in [4.78, 5) is 13.0. The first-order chi connectivity index (χ1) is 13.5. The van der Waals surface area contributed by atoms with Crippen molar-refractivity contribution in [3.8, 4) is 0 Å². The number of aliphatic hydroxyl groups excluding tert-OH is 1. The molecule has 0 saturated carbocycles. The summed E-state index contributed by atoms with van der Waals surface area (Å²) in [5.74, 6) is -0.0486. The van der Waals surface area contributed by atoms with Crippen LogP contribution in [0.25, 0.3) is 0 Å². The van der Waals surface area contributed by atoms with Gasteiger partial charge in [0.15, 0.2) is 11.6 Å². The highest BCUT2D eigenvalue weighted by Crippen LogP contribution is 2.22. The lowest BCUT2D eigenvalue weighted by Gasteiger charge is -2.42. The van der Waals surface area contributed by atoms with Gasteiger partial charge in [0.1, 0.15) is 18.0 Å². The number of aromatic nitrogens is 2. The van der Waals surface area contributed by atoms with Gasteiger partial charge in [0.2, 0.25) is 0 Å². The maximum atomic E-state index is 13.5. The molecule has 0 aliphatic carbocycles. The molecule has 6 nitrogen and oxygen atoms in total. The molecule has 2 N–H and O–H groups in total. The van der Waals surface area contributed by atoms with E-state index in [-0.39, 0.29) is 18.7 Å². The summed E-state index contributed by atoms with van der Waals surface area (Å²) in [6.45, 7) is 6.87. The molecule has 0 amide bonds. The first kappa shape index (κ1) is 20.4. The summed E-state index contributed by atoms with van der Waals surface area (Å²) < 4.78 is 26.7. The molecule has 1 saturated heterocycles. The van der Waals surface area contributed by atoms with Crippen molar-refractivity contribution in [3.63, 3.8) is 0 Å². The number of nitrogens with zero attached hydrogens (tertiary/aromatic N) is 4. The summed E-state index contributed by atoms with van der Waals surface area (Å²) in [6, 6.07) is 6.30. The number of benzene rings is 1. The van der Waals surface area contributed by atoms with Crippen molar-refractivity contribution >= 4 is 11.6 Å². The Hall–Kier alpha value is -2.32. The van der Waals surface area contributed by atoms with Crippen LogP contribution in [-0.2, 0) is 6.54 Å². The molecule has 1 aromatic carbocycles. The van der Waals surface area contributed by atoms with Crippen molar-refractivity contribution in [3.05, 3.63) is 47.8 Å². The molecule has 1 aliphatic rings. The summed E-state index contributed by atoms with van der Waals surface area (Å²) in [5, 5.41) is 12.8. The first-order valence-electron chi connectivity index (χ1n) is 9.58. The lowest BCUT2D eigenvalue weighted by atomic mass is 10.1. The van der Waals surface area contributed by atoms with E-state index in [1.54, 1.807) is 12.4 Å². The highest BCUT2D eigenvalue weighted by molar-refractivity contribution is 5.49. The zero-order chi connectivity index (χ0) is 20.1. The van der Waals surface area contributed by atoms with Gasteiger partial charge in [-0.1, -0.05) is 6.07 Å². The molecule has 0 radical (unpaired) electrons. The largest absolute Gasteiger partial charge is 0.396 e. The molecule has 28 heavy (non-hydrogen) atoms. The molecule has 2 aromatic rings. The van der Waals surface area contributed by atoms with Gasteiger partial charge in [-0.2, -0.15) is 0 Å². The Morgan fingerprint density at radius 1 is 1.18 bits per heavy atom. The van der Waals surface area contributed by atoms with Crippen LogP contribution in [0, 0.1) is 11.6 Å². The number of halogens is 2. The Morgan fingerprint density at radius 3 is 2.71 bits per heavy atom. The van der Waals surface area contributed by atoms with E-state index >= 15 is 0 Å².